The minimum Gasteiger partial charge on any atom is -0.483 e. The zero-order valence-electron chi connectivity index (χ0n) is 13.1. The number of benzene rings is 1. The lowest BCUT2D eigenvalue weighted by Crippen LogP contribution is -2.38. The predicted molar refractivity (Wildman–Crippen MR) is 84.2 cm³/mol. The van der Waals surface area contributed by atoms with Gasteiger partial charge in [-0.2, -0.15) is 0 Å². The number of carbonyl (C=O) groups is 2. The summed E-state index contributed by atoms with van der Waals surface area (Å²) in [5.41, 5.74) is 0.501. The molecule has 0 aromatic heterocycles. The van der Waals surface area contributed by atoms with E-state index in [9.17, 15) is 19.7 Å². The third kappa shape index (κ3) is 5.77. The van der Waals surface area contributed by atoms with Gasteiger partial charge in [0.1, 0.15) is 5.75 Å². The Morgan fingerprint density at radius 1 is 1.43 bits per heavy atom. The van der Waals surface area contributed by atoms with Gasteiger partial charge in [-0.1, -0.05) is 6.08 Å². The van der Waals surface area contributed by atoms with Crippen LogP contribution in [0, 0.1) is 10.1 Å². The molecule has 0 saturated heterocycles. The van der Waals surface area contributed by atoms with Gasteiger partial charge in [0.15, 0.2) is 6.61 Å². The molecule has 0 atom stereocenters. The van der Waals surface area contributed by atoms with Gasteiger partial charge in [0.2, 0.25) is 5.91 Å². The molecule has 8 heteroatoms. The molecule has 1 rings (SSSR count). The molecule has 1 N–H and O–H groups in total. The van der Waals surface area contributed by atoms with Crippen molar-refractivity contribution in [3.05, 3.63) is 46.5 Å². The molecule has 124 valence electrons. The summed E-state index contributed by atoms with van der Waals surface area (Å²) in [5.74, 6) is -0.325. The first-order valence-corrected chi connectivity index (χ1v) is 6.83. The van der Waals surface area contributed by atoms with Crippen molar-refractivity contribution in [3.8, 4) is 5.75 Å². The summed E-state index contributed by atoms with van der Waals surface area (Å²) in [4.78, 5) is 34.6. The standard InChI is InChI=1S/C15H19N3O5/c1-4-5-11-8-12(18(21)22)6-7-13(11)23-10-14(19)16-9-15(20)17(2)3/h4,6-8H,1,5,9-10H2,2-3H3,(H,16,19). The maximum atomic E-state index is 11.7. The van der Waals surface area contributed by atoms with Crippen LogP contribution in [0.3, 0.4) is 0 Å². The Labute approximate surface area is 133 Å². The fourth-order valence-corrected chi connectivity index (χ4v) is 1.66. The number of rotatable bonds is 8. The Balaban J connectivity index is 2.66. The van der Waals surface area contributed by atoms with Crippen molar-refractivity contribution in [3.63, 3.8) is 0 Å². The van der Waals surface area contributed by atoms with Gasteiger partial charge in [-0.3, -0.25) is 19.7 Å². The molecule has 0 fully saturated rings. The molecule has 2 amide bonds. The van der Waals surface area contributed by atoms with E-state index >= 15 is 0 Å². The van der Waals surface area contributed by atoms with Gasteiger partial charge in [0, 0.05) is 31.8 Å². The third-order valence-corrected chi connectivity index (χ3v) is 2.91. The minimum atomic E-state index is -0.504. The fourth-order valence-electron chi connectivity index (χ4n) is 1.66. The van der Waals surface area contributed by atoms with Gasteiger partial charge >= 0.3 is 0 Å². The lowest BCUT2D eigenvalue weighted by molar-refractivity contribution is -0.384. The highest BCUT2D eigenvalue weighted by atomic mass is 16.6. The van der Waals surface area contributed by atoms with Gasteiger partial charge in [0.25, 0.3) is 11.6 Å². The first-order valence-electron chi connectivity index (χ1n) is 6.83. The smallest absolute Gasteiger partial charge is 0.269 e. The van der Waals surface area contributed by atoms with Crippen molar-refractivity contribution in [1.82, 2.24) is 10.2 Å². The number of ether oxygens (including phenoxy) is 1. The van der Waals surface area contributed by atoms with E-state index in [0.29, 0.717) is 17.7 Å². The van der Waals surface area contributed by atoms with Crippen LogP contribution in [0.4, 0.5) is 5.69 Å². The van der Waals surface area contributed by atoms with Crippen molar-refractivity contribution < 1.29 is 19.2 Å². The molecule has 0 saturated carbocycles. The highest BCUT2D eigenvalue weighted by Gasteiger charge is 2.13. The van der Waals surface area contributed by atoms with Crippen LogP contribution < -0.4 is 10.1 Å². The summed E-state index contributed by atoms with van der Waals surface area (Å²) in [7, 11) is 3.17. The predicted octanol–water partition coefficient (Wildman–Crippen LogP) is 0.906. The van der Waals surface area contributed by atoms with E-state index in [-0.39, 0.29) is 24.7 Å². The molecule has 0 aliphatic carbocycles. The normalized spacial score (nSPS) is 9.83. The SMILES string of the molecule is C=CCc1cc([N+](=O)[O-])ccc1OCC(=O)NCC(=O)N(C)C. The number of hydrogen-bond acceptors (Lipinski definition) is 5. The van der Waals surface area contributed by atoms with Crippen LogP contribution in [-0.2, 0) is 16.0 Å². The lowest BCUT2D eigenvalue weighted by Gasteiger charge is -2.12. The summed E-state index contributed by atoms with van der Waals surface area (Å²) in [5, 5.41) is 13.2. The largest absolute Gasteiger partial charge is 0.483 e. The Morgan fingerprint density at radius 2 is 2.13 bits per heavy atom. The topological polar surface area (TPSA) is 102 Å². The van der Waals surface area contributed by atoms with Crippen LogP contribution in [0.25, 0.3) is 0 Å². The maximum absolute atomic E-state index is 11.7. The number of nitro benzene ring substituents is 1. The van der Waals surface area contributed by atoms with E-state index in [2.05, 4.69) is 11.9 Å². The first kappa shape index (κ1) is 18.1. The quantitative estimate of drug-likeness (QED) is 0.435. The number of hydrogen-bond donors (Lipinski definition) is 1. The summed E-state index contributed by atoms with van der Waals surface area (Å²) in [6.45, 7) is 3.18. The molecule has 0 unspecified atom stereocenters. The Hall–Kier alpha value is -2.90. The van der Waals surface area contributed by atoms with Gasteiger partial charge in [-0.25, -0.2) is 0 Å². The van der Waals surface area contributed by atoms with E-state index in [1.54, 1.807) is 20.2 Å². The van der Waals surface area contributed by atoms with E-state index in [1.807, 2.05) is 0 Å². The second-order valence-electron chi connectivity index (χ2n) is 4.90. The molecule has 8 nitrogen and oxygen atoms in total. The Kier molecular flexibility index (Phi) is 6.72. The van der Waals surface area contributed by atoms with Crippen molar-refractivity contribution in [1.29, 1.82) is 0 Å². The monoisotopic (exact) mass is 321 g/mol. The number of amides is 2. The van der Waals surface area contributed by atoms with Crippen molar-refractivity contribution >= 4 is 17.5 Å². The van der Waals surface area contributed by atoms with Crippen LogP contribution >= 0.6 is 0 Å². The first-order chi connectivity index (χ1) is 10.8. The number of carbonyl (C=O) groups excluding carboxylic acids is 2. The summed E-state index contributed by atoms with van der Waals surface area (Å²) in [6.07, 6.45) is 1.96. The Bertz CT molecular complexity index is 613. The van der Waals surface area contributed by atoms with Gasteiger partial charge in [-0.05, 0) is 12.5 Å². The molecule has 0 aliphatic rings. The van der Waals surface area contributed by atoms with Gasteiger partial charge in [0.05, 0.1) is 11.5 Å². The van der Waals surface area contributed by atoms with E-state index in [0.717, 1.165) is 0 Å². The molecule has 23 heavy (non-hydrogen) atoms. The second kappa shape index (κ2) is 8.52. The number of nitrogens with zero attached hydrogens (tertiary/aromatic N) is 2. The number of nitro groups is 1. The average Bonchev–Trinajstić information content (AvgIpc) is 2.51. The average molecular weight is 321 g/mol. The van der Waals surface area contributed by atoms with Crippen LogP contribution in [-0.4, -0.2) is 48.9 Å². The number of nitrogens with one attached hydrogen (secondary N) is 1. The van der Waals surface area contributed by atoms with Crippen molar-refractivity contribution in [2.45, 2.75) is 6.42 Å². The molecule has 0 spiro atoms. The van der Waals surface area contributed by atoms with Crippen molar-refractivity contribution in [2.75, 3.05) is 27.2 Å². The zero-order valence-corrected chi connectivity index (χ0v) is 13.1. The van der Waals surface area contributed by atoms with E-state index in [1.165, 1.54) is 23.1 Å². The highest BCUT2D eigenvalue weighted by Crippen LogP contribution is 2.24. The van der Waals surface area contributed by atoms with E-state index < -0.39 is 10.8 Å². The van der Waals surface area contributed by atoms with Gasteiger partial charge < -0.3 is 15.0 Å². The van der Waals surface area contributed by atoms with Gasteiger partial charge in [-0.15, -0.1) is 6.58 Å². The molecule has 0 aliphatic heterocycles. The molecule has 0 bridgehead atoms. The summed E-state index contributed by atoms with van der Waals surface area (Å²) >= 11 is 0. The van der Waals surface area contributed by atoms with Crippen LogP contribution in [0.1, 0.15) is 5.56 Å². The molecular weight excluding hydrogens is 302 g/mol. The van der Waals surface area contributed by atoms with Crippen LogP contribution in [0.5, 0.6) is 5.75 Å². The van der Waals surface area contributed by atoms with E-state index in [4.69, 9.17) is 4.74 Å². The fraction of sp³-hybridized carbons (Fsp3) is 0.333. The highest BCUT2D eigenvalue weighted by molar-refractivity contribution is 5.85. The summed E-state index contributed by atoms with van der Waals surface area (Å²) in [6, 6.07) is 4.12. The zero-order chi connectivity index (χ0) is 17.4. The number of likely N-dealkylation sites (N-methyl/N-ethyl adjacent to an activating group) is 1. The second-order valence-corrected chi connectivity index (χ2v) is 4.90. The third-order valence-electron chi connectivity index (χ3n) is 2.91. The Morgan fingerprint density at radius 3 is 2.70 bits per heavy atom. The molecule has 1 aromatic rings. The molecule has 1 aromatic carbocycles. The van der Waals surface area contributed by atoms with Crippen molar-refractivity contribution in [2.24, 2.45) is 0 Å². The molecule has 0 radical (unpaired) electrons. The van der Waals surface area contributed by atoms with Crippen LogP contribution in [0.2, 0.25) is 0 Å². The lowest BCUT2D eigenvalue weighted by atomic mass is 10.1. The van der Waals surface area contributed by atoms with Crippen LogP contribution in [0.15, 0.2) is 30.9 Å². The molecule has 0 heterocycles. The molecular formula is C15H19N3O5. The summed E-state index contributed by atoms with van der Waals surface area (Å²) < 4.78 is 5.37. The minimum absolute atomic E-state index is 0.0600. The number of allylic oxidation sites excluding steroid dienone is 1. The maximum Gasteiger partial charge on any atom is 0.269 e. The number of non-ortho nitro benzene ring substituents is 1.